The summed E-state index contributed by atoms with van der Waals surface area (Å²) in [6.45, 7) is 12.3. The molecule has 1 fully saturated rings. The molecule has 3 aromatic carbocycles. The van der Waals surface area contributed by atoms with Crippen molar-refractivity contribution in [3.05, 3.63) is 101 Å². The quantitative estimate of drug-likeness (QED) is 0.180. The van der Waals surface area contributed by atoms with Crippen molar-refractivity contribution in [1.82, 2.24) is 20.4 Å². The zero-order valence-electron chi connectivity index (χ0n) is 28.2. The van der Waals surface area contributed by atoms with Gasteiger partial charge in [-0.3, -0.25) is 14.4 Å². The molecule has 0 radical (unpaired) electrons. The normalized spacial score (nSPS) is 15.6. The van der Waals surface area contributed by atoms with Gasteiger partial charge in [-0.15, -0.1) is 0 Å². The van der Waals surface area contributed by atoms with Crippen LogP contribution in [0.5, 0.6) is 0 Å². The van der Waals surface area contributed by atoms with E-state index in [1.54, 1.807) is 51.1 Å². The van der Waals surface area contributed by atoms with Crippen LogP contribution in [0.15, 0.2) is 72.8 Å². The first kappa shape index (κ1) is 34.8. The number of ether oxygens (including phenoxy) is 1. The number of fused-ring (bicyclic) bond motifs is 2. The number of nitrogens with zero attached hydrogens (tertiary/aromatic N) is 2. The van der Waals surface area contributed by atoms with E-state index in [0.29, 0.717) is 47.5 Å². The van der Waals surface area contributed by atoms with Crippen LogP contribution in [0, 0.1) is 0 Å². The molecule has 5 rings (SSSR count). The first-order valence-corrected chi connectivity index (χ1v) is 16.9. The van der Waals surface area contributed by atoms with Crippen molar-refractivity contribution >= 4 is 29.3 Å². The molecule has 3 N–H and O–H groups in total. The van der Waals surface area contributed by atoms with Gasteiger partial charge < -0.3 is 30.5 Å². The largest absolute Gasteiger partial charge is 0.444 e. The third-order valence-corrected chi connectivity index (χ3v) is 8.62. The fourth-order valence-electron chi connectivity index (χ4n) is 6.20. The highest BCUT2D eigenvalue weighted by atomic mass is 16.6. The monoisotopic (exact) mass is 653 g/mol. The predicted molar refractivity (Wildman–Crippen MR) is 187 cm³/mol. The van der Waals surface area contributed by atoms with Crippen LogP contribution in [0.3, 0.4) is 0 Å². The second-order valence-corrected chi connectivity index (χ2v) is 13.4. The molecule has 10 nitrogen and oxygen atoms in total. The lowest BCUT2D eigenvalue weighted by Crippen LogP contribution is -2.50. The first-order valence-electron chi connectivity index (χ1n) is 16.9. The molecule has 10 heteroatoms. The molecule has 1 saturated heterocycles. The van der Waals surface area contributed by atoms with Crippen molar-refractivity contribution in [2.75, 3.05) is 57.7 Å². The van der Waals surface area contributed by atoms with Crippen molar-refractivity contribution in [3.63, 3.8) is 0 Å². The fraction of sp³-hybridized carbons (Fsp3) is 0.421. The number of carbonyl (C=O) groups excluding carboxylic acids is 4. The summed E-state index contributed by atoms with van der Waals surface area (Å²) < 4.78 is 5.39. The van der Waals surface area contributed by atoms with Crippen molar-refractivity contribution in [2.45, 2.75) is 51.7 Å². The Morgan fingerprint density at radius 1 is 0.750 bits per heavy atom. The average Bonchev–Trinajstić information content (AvgIpc) is 3.07. The van der Waals surface area contributed by atoms with Crippen molar-refractivity contribution in [3.8, 4) is 0 Å². The summed E-state index contributed by atoms with van der Waals surface area (Å²) in [4.78, 5) is 56.6. The smallest absolute Gasteiger partial charge is 0.408 e. The van der Waals surface area contributed by atoms with E-state index in [-0.39, 0.29) is 17.5 Å². The molecule has 0 aromatic heterocycles. The summed E-state index contributed by atoms with van der Waals surface area (Å²) in [6.07, 6.45) is 1.50. The van der Waals surface area contributed by atoms with E-state index >= 15 is 0 Å². The summed E-state index contributed by atoms with van der Waals surface area (Å²) in [7, 11) is 0. The molecule has 0 bridgehead atoms. The van der Waals surface area contributed by atoms with Crippen LogP contribution in [0.4, 0.5) is 10.5 Å². The minimum absolute atomic E-state index is 0.105. The van der Waals surface area contributed by atoms with Crippen LogP contribution in [0.2, 0.25) is 0 Å². The maximum atomic E-state index is 13.2. The van der Waals surface area contributed by atoms with E-state index in [2.05, 4.69) is 25.8 Å². The Morgan fingerprint density at radius 3 is 1.98 bits per heavy atom. The highest BCUT2D eigenvalue weighted by molar-refractivity contribution is 6.30. The summed E-state index contributed by atoms with van der Waals surface area (Å²) in [5.41, 5.74) is 2.88. The van der Waals surface area contributed by atoms with Crippen molar-refractivity contribution in [2.24, 2.45) is 0 Å². The fourth-order valence-corrected chi connectivity index (χ4v) is 6.20. The lowest BCUT2D eigenvalue weighted by molar-refractivity contribution is -0.123. The molecule has 1 aliphatic heterocycles. The molecule has 0 spiro atoms. The Kier molecular flexibility index (Phi) is 11.6. The van der Waals surface area contributed by atoms with Crippen LogP contribution in [0.25, 0.3) is 0 Å². The molecular formula is C38H47N5O5. The molecule has 1 atom stereocenters. The van der Waals surface area contributed by atoms with Crippen molar-refractivity contribution in [1.29, 1.82) is 0 Å². The third-order valence-electron chi connectivity index (χ3n) is 8.62. The Hall–Kier alpha value is -4.54. The second-order valence-electron chi connectivity index (χ2n) is 13.4. The average molecular weight is 654 g/mol. The maximum absolute atomic E-state index is 13.2. The number of nitrogens with one attached hydrogen (secondary N) is 3. The van der Waals surface area contributed by atoms with E-state index in [1.807, 2.05) is 42.5 Å². The molecule has 2 aliphatic rings. The topological polar surface area (TPSA) is 120 Å². The number of hydrogen-bond acceptors (Lipinski definition) is 8. The van der Waals surface area contributed by atoms with E-state index in [0.717, 1.165) is 57.7 Å². The molecule has 0 saturated carbocycles. The Morgan fingerprint density at radius 2 is 1.33 bits per heavy atom. The van der Waals surface area contributed by atoms with Crippen molar-refractivity contribution < 1.29 is 23.9 Å². The number of rotatable bonds is 13. The first-order chi connectivity index (χ1) is 23.1. The molecule has 1 aliphatic carbocycles. The number of alkyl carbamates (subject to hydrolysis) is 1. The zero-order valence-corrected chi connectivity index (χ0v) is 28.2. The molecule has 48 heavy (non-hydrogen) atoms. The minimum atomic E-state index is -0.729. The SMILES string of the molecule is CC(C)(C)OC(=O)N[C@H](Cc1ccccc1)C(=O)NCCCN1CCN(CCCNc2cccc3c2C(=O)c2ccccc2C3=O)CC1. The van der Waals surface area contributed by atoms with Gasteiger partial charge in [-0.1, -0.05) is 66.7 Å². The molecular weight excluding hydrogens is 606 g/mol. The van der Waals surface area contributed by atoms with Crippen LogP contribution in [-0.2, 0) is 16.0 Å². The van der Waals surface area contributed by atoms with Gasteiger partial charge >= 0.3 is 6.09 Å². The number of piperazine rings is 1. The molecule has 0 unspecified atom stereocenters. The number of hydrogen-bond donors (Lipinski definition) is 3. The number of carbonyl (C=O) groups is 4. The van der Waals surface area contributed by atoms with Gasteiger partial charge in [-0.25, -0.2) is 4.79 Å². The van der Waals surface area contributed by atoms with Gasteiger partial charge in [-0.2, -0.15) is 0 Å². The standard InChI is InChI=1S/C38H47N5O5/c1-38(2,3)48-37(47)41-32(26-27-12-5-4-6-13-27)36(46)40-19-11-21-43-24-22-42(23-25-43)20-10-18-39-31-17-9-16-30-33(31)35(45)29-15-8-7-14-28(29)34(30)44/h4-9,12-17,32,39H,10-11,18-26H2,1-3H3,(H,40,46)(H,41,47)/t32-/m1/s1. The molecule has 254 valence electrons. The summed E-state index contributed by atoms with van der Waals surface area (Å²) in [5, 5.41) is 9.16. The van der Waals surface area contributed by atoms with Gasteiger partial charge in [0, 0.05) is 68.1 Å². The molecule has 3 aromatic rings. The van der Waals surface area contributed by atoms with Crippen LogP contribution >= 0.6 is 0 Å². The van der Waals surface area contributed by atoms with Crippen LogP contribution < -0.4 is 16.0 Å². The molecule has 1 heterocycles. The van der Waals surface area contributed by atoms with Gasteiger partial charge in [0.1, 0.15) is 11.6 Å². The minimum Gasteiger partial charge on any atom is -0.444 e. The number of ketones is 2. The van der Waals surface area contributed by atoms with E-state index < -0.39 is 17.7 Å². The van der Waals surface area contributed by atoms with Gasteiger partial charge in [0.05, 0.1) is 5.56 Å². The van der Waals surface area contributed by atoms with Gasteiger partial charge in [0.2, 0.25) is 5.91 Å². The highest BCUT2D eigenvalue weighted by Gasteiger charge is 2.31. The lowest BCUT2D eigenvalue weighted by atomic mass is 9.83. The van der Waals surface area contributed by atoms with Crippen LogP contribution in [0.1, 0.15) is 71.0 Å². The summed E-state index contributed by atoms with van der Waals surface area (Å²) in [6, 6.07) is 21.3. The van der Waals surface area contributed by atoms with E-state index in [1.165, 1.54) is 0 Å². The van der Waals surface area contributed by atoms with Gasteiger partial charge in [0.25, 0.3) is 0 Å². The third kappa shape index (κ3) is 9.29. The van der Waals surface area contributed by atoms with Gasteiger partial charge in [0.15, 0.2) is 11.6 Å². The molecule has 2 amide bonds. The number of benzene rings is 3. The Labute approximate surface area is 283 Å². The summed E-state index contributed by atoms with van der Waals surface area (Å²) in [5.74, 6) is -0.435. The number of amides is 2. The van der Waals surface area contributed by atoms with Crippen LogP contribution in [-0.4, -0.2) is 97.4 Å². The Bertz CT molecular complexity index is 1590. The summed E-state index contributed by atoms with van der Waals surface area (Å²) >= 11 is 0. The Balaban J connectivity index is 1.00. The van der Waals surface area contributed by atoms with E-state index in [4.69, 9.17) is 4.74 Å². The maximum Gasteiger partial charge on any atom is 0.408 e. The number of anilines is 1. The zero-order chi connectivity index (χ0) is 34.1. The highest BCUT2D eigenvalue weighted by Crippen LogP contribution is 2.31. The van der Waals surface area contributed by atoms with E-state index in [9.17, 15) is 19.2 Å². The second kappa shape index (κ2) is 16.0. The lowest BCUT2D eigenvalue weighted by Gasteiger charge is -2.34. The predicted octanol–water partition coefficient (Wildman–Crippen LogP) is 4.52. The van der Waals surface area contributed by atoms with Gasteiger partial charge in [-0.05, 0) is 58.3 Å².